The van der Waals surface area contributed by atoms with E-state index in [0.29, 0.717) is 11.3 Å². The van der Waals surface area contributed by atoms with E-state index in [2.05, 4.69) is 26.5 Å². The summed E-state index contributed by atoms with van der Waals surface area (Å²) in [6, 6.07) is 12.0. The maximum Gasteiger partial charge on any atom is 0.202 e. The number of phenolic OH excluding ortho intramolecular Hbond substituents is 1. The van der Waals surface area contributed by atoms with Crippen LogP contribution < -0.4 is 4.74 Å². The smallest absolute Gasteiger partial charge is 0.202 e. The topological polar surface area (TPSA) is 63.6 Å². The third kappa shape index (κ3) is 6.41. The van der Waals surface area contributed by atoms with Crippen LogP contribution in [-0.4, -0.2) is 13.5 Å². The number of phenols is 1. The van der Waals surface area contributed by atoms with Crippen molar-refractivity contribution in [1.82, 2.24) is 0 Å². The van der Waals surface area contributed by atoms with Crippen LogP contribution in [0.4, 0.5) is 0 Å². The van der Waals surface area contributed by atoms with E-state index in [9.17, 15) is 13.5 Å². The van der Waals surface area contributed by atoms with Crippen molar-refractivity contribution in [3.8, 4) is 11.5 Å². The van der Waals surface area contributed by atoms with Crippen LogP contribution in [0.2, 0.25) is 0 Å². The van der Waals surface area contributed by atoms with Gasteiger partial charge in [0.2, 0.25) is 9.84 Å². The molecule has 1 aliphatic carbocycles. The van der Waals surface area contributed by atoms with Gasteiger partial charge in [-0.05, 0) is 75.3 Å². The zero-order valence-corrected chi connectivity index (χ0v) is 21.3. The van der Waals surface area contributed by atoms with Crippen LogP contribution in [0.15, 0.2) is 82.8 Å². The van der Waals surface area contributed by atoms with Gasteiger partial charge >= 0.3 is 0 Å². The average Bonchev–Trinajstić information content (AvgIpc) is 2.79. The third-order valence-corrected chi connectivity index (χ3v) is 7.86. The van der Waals surface area contributed by atoms with Gasteiger partial charge in [-0.2, -0.15) is 0 Å². The molecule has 2 aromatic rings. The number of unbranched alkanes of at least 4 members (excludes halogenated alkanes) is 2. The van der Waals surface area contributed by atoms with Gasteiger partial charge in [-0.3, -0.25) is 0 Å². The van der Waals surface area contributed by atoms with Crippen molar-refractivity contribution in [3.63, 3.8) is 0 Å². The van der Waals surface area contributed by atoms with Gasteiger partial charge in [0.1, 0.15) is 17.8 Å². The number of aromatic hydroxyl groups is 1. The zero-order chi connectivity index (χ0) is 24.7. The van der Waals surface area contributed by atoms with Crippen LogP contribution in [0.1, 0.15) is 69.9 Å². The number of hydrogen-bond donors (Lipinski definition) is 1. The zero-order valence-electron chi connectivity index (χ0n) is 20.5. The molecule has 2 atom stereocenters. The van der Waals surface area contributed by atoms with Gasteiger partial charge in [-0.1, -0.05) is 61.8 Å². The molecule has 4 nitrogen and oxygen atoms in total. The van der Waals surface area contributed by atoms with Gasteiger partial charge in [-0.15, -0.1) is 0 Å². The predicted molar refractivity (Wildman–Crippen MR) is 139 cm³/mol. The first-order valence-electron chi connectivity index (χ1n) is 12.0. The lowest BCUT2D eigenvalue weighted by Crippen LogP contribution is -2.17. The molecule has 0 fully saturated rings. The van der Waals surface area contributed by atoms with Crippen molar-refractivity contribution < 1.29 is 18.3 Å². The molecular weight excluding hydrogens is 444 g/mol. The van der Waals surface area contributed by atoms with Crippen molar-refractivity contribution in [3.05, 3.63) is 89.1 Å². The Bertz CT molecular complexity index is 1160. The lowest BCUT2D eigenvalue weighted by molar-refractivity contribution is 0.410. The summed E-state index contributed by atoms with van der Waals surface area (Å²) >= 11 is 0. The Morgan fingerprint density at radius 3 is 2.62 bits per heavy atom. The summed E-state index contributed by atoms with van der Waals surface area (Å²) in [7, 11) is -3.63. The minimum Gasteiger partial charge on any atom is -0.507 e. The van der Waals surface area contributed by atoms with Gasteiger partial charge in [0.25, 0.3) is 0 Å². The van der Waals surface area contributed by atoms with Gasteiger partial charge in [0.15, 0.2) is 0 Å². The lowest BCUT2D eigenvalue weighted by Gasteiger charge is -2.32. The Balaban J connectivity index is 2.00. The lowest BCUT2D eigenvalue weighted by atomic mass is 9.73. The Kier molecular flexibility index (Phi) is 8.78. The molecule has 0 bridgehead atoms. The van der Waals surface area contributed by atoms with Crippen molar-refractivity contribution in [2.24, 2.45) is 5.92 Å². The molecule has 2 aromatic carbocycles. The Morgan fingerprint density at radius 2 is 1.94 bits per heavy atom. The molecule has 0 radical (unpaired) electrons. The van der Waals surface area contributed by atoms with Crippen LogP contribution in [-0.2, 0) is 16.3 Å². The van der Waals surface area contributed by atoms with Gasteiger partial charge in [0, 0.05) is 11.5 Å². The summed E-state index contributed by atoms with van der Waals surface area (Å²) in [5, 5.41) is 12.2. The van der Waals surface area contributed by atoms with Crippen LogP contribution >= 0.6 is 0 Å². The molecule has 0 spiro atoms. The van der Waals surface area contributed by atoms with Gasteiger partial charge in [0.05, 0.1) is 10.3 Å². The Labute approximate surface area is 204 Å². The molecule has 0 aromatic heterocycles. The SMILES string of the molecule is C=C(C)C1CCC(C)=C[C@H]1c1c(O)cc(CCCCC)cc1O/C=C/S(=O)(=O)c1ccccc1. The summed E-state index contributed by atoms with van der Waals surface area (Å²) in [6.07, 6.45) is 9.41. The highest BCUT2D eigenvalue weighted by Gasteiger charge is 2.30. The van der Waals surface area contributed by atoms with E-state index in [0.717, 1.165) is 55.1 Å². The molecule has 1 unspecified atom stereocenters. The second kappa shape index (κ2) is 11.6. The number of aryl methyl sites for hydroxylation is 1. The number of rotatable bonds is 10. The predicted octanol–water partition coefficient (Wildman–Crippen LogP) is 7.46. The molecule has 0 amide bonds. The molecule has 0 saturated heterocycles. The number of benzene rings is 2. The van der Waals surface area contributed by atoms with E-state index in [4.69, 9.17) is 4.74 Å². The average molecular weight is 481 g/mol. The fraction of sp³-hybridized carbons (Fsp3) is 0.379. The fourth-order valence-corrected chi connectivity index (χ4v) is 5.49. The van der Waals surface area contributed by atoms with E-state index < -0.39 is 9.84 Å². The molecular formula is C29H36O4S. The number of allylic oxidation sites excluding steroid dienone is 3. The van der Waals surface area contributed by atoms with Crippen LogP contribution in [0.5, 0.6) is 11.5 Å². The fourth-order valence-electron chi connectivity index (χ4n) is 4.59. The van der Waals surface area contributed by atoms with E-state index in [1.165, 1.54) is 11.8 Å². The first kappa shape index (κ1) is 25.8. The summed E-state index contributed by atoms with van der Waals surface area (Å²) in [5.74, 6) is 0.781. The number of hydrogen-bond acceptors (Lipinski definition) is 4. The highest BCUT2D eigenvalue weighted by atomic mass is 32.2. The maximum absolute atomic E-state index is 12.7. The molecule has 1 N–H and O–H groups in total. The Hall–Kier alpha value is -2.79. The molecule has 3 rings (SSSR count). The summed E-state index contributed by atoms with van der Waals surface area (Å²) in [5.41, 5.74) is 4.00. The van der Waals surface area contributed by atoms with E-state index in [1.54, 1.807) is 30.3 Å². The van der Waals surface area contributed by atoms with Crippen molar-refractivity contribution in [2.75, 3.05) is 0 Å². The quantitative estimate of drug-likeness (QED) is 0.218. The van der Waals surface area contributed by atoms with Crippen LogP contribution in [0.25, 0.3) is 0 Å². The largest absolute Gasteiger partial charge is 0.507 e. The van der Waals surface area contributed by atoms with Crippen LogP contribution in [0, 0.1) is 5.92 Å². The van der Waals surface area contributed by atoms with Crippen molar-refractivity contribution in [2.45, 2.75) is 70.1 Å². The minimum atomic E-state index is -3.63. The van der Waals surface area contributed by atoms with Gasteiger partial charge in [-0.25, -0.2) is 8.42 Å². The summed E-state index contributed by atoms with van der Waals surface area (Å²) in [6.45, 7) is 10.5. The standard InChI is InChI=1S/C29H36O4S/c1-5-6-8-11-23-19-27(30)29(26-18-22(4)14-15-25(26)21(2)3)28(20-23)33-16-17-34(31,32)24-12-9-7-10-13-24/h7,9-10,12-13,16-20,25-26,30H,2,5-6,8,11,14-15H2,1,3-4H3/b17-16+/t25?,26-/m1/s1. The highest BCUT2D eigenvalue weighted by molar-refractivity contribution is 7.94. The number of ether oxygens (including phenoxy) is 1. The minimum absolute atomic E-state index is 0.0786. The van der Waals surface area contributed by atoms with Gasteiger partial charge < -0.3 is 9.84 Å². The van der Waals surface area contributed by atoms with Crippen LogP contribution in [0.3, 0.4) is 0 Å². The molecule has 5 heteroatoms. The molecule has 1 aliphatic rings. The van der Waals surface area contributed by atoms with Crippen molar-refractivity contribution in [1.29, 1.82) is 0 Å². The highest BCUT2D eigenvalue weighted by Crippen LogP contribution is 2.47. The number of sulfone groups is 1. The summed E-state index contributed by atoms with van der Waals surface area (Å²) in [4.78, 5) is 0.208. The monoisotopic (exact) mass is 480 g/mol. The van der Waals surface area contributed by atoms with Crippen molar-refractivity contribution >= 4 is 9.84 Å². The maximum atomic E-state index is 12.7. The normalized spacial score (nSPS) is 18.6. The Morgan fingerprint density at radius 1 is 1.21 bits per heavy atom. The molecule has 182 valence electrons. The first-order valence-corrected chi connectivity index (χ1v) is 13.6. The third-order valence-electron chi connectivity index (χ3n) is 6.46. The molecule has 34 heavy (non-hydrogen) atoms. The molecule has 0 heterocycles. The molecule has 0 aliphatic heterocycles. The van der Waals surface area contributed by atoms with E-state index >= 15 is 0 Å². The molecule has 0 saturated carbocycles. The summed E-state index contributed by atoms with van der Waals surface area (Å²) < 4.78 is 31.3. The van der Waals surface area contributed by atoms with E-state index in [-0.39, 0.29) is 22.5 Å². The second-order valence-corrected chi connectivity index (χ2v) is 11.1. The van der Waals surface area contributed by atoms with E-state index in [1.807, 2.05) is 19.1 Å². The second-order valence-electron chi connectivity index (χ2n) is 9.26. The first-order chi connectivity index (χ1) is 16.2.